The van der Waals surface area contributed by atoms with Gasteiger partial charge in [0, 0.05) is 12.1 Å². The predicted molar refractivity (Wildman–Crippen MR) is 84.6 cm³/mol. The van der Waals surface area contributed by atoms with E-state index in [4.69, 9.17) is 4.74 Å². The topological polar surface area (TPSA) is 49.8 Å². The van der Waals surface area contributed by atoms with E-state index in [0.29, 0.717) is 13.0 Å². The summed E-state index contributed by atoms with van der Waals surface area (Å²) in [6, 6.07) is 17.0. The molecule has 0 spiro atoms. The van der Waals surface area contributed by atoms with E-state index in [1.54, 1.807) is 11.8 Å². The molecule has 0 bridgehead atoms. The SMILES string of the molecule is CC1(O)CCN(C(=O)OCc2ccccc2)c2ccccc21. The third kappa shape index (κ3) is 2.83. The van der Waals surface area contributed by atoms with Gasteiger partial charge in [-0.25, -0.2) is 4.79 Å². The fraction of sp³-hybridized carbons (Fsp3) is 0.278. The van der Waals surface area contributed by atoms with E-state index >= 15 is 0 Å². The van der Waals surface area contributed by atoms with Crippen molar-refractivity contribution >= 4 is 11.8 Å². The molecule has 0 aliphatic carbocycles. The molecule has 2 aromatic carbocycles. The number of carbonyl (C=O) groups is 1. The zero-order valence-corrected chi connectivity index (χ0v) is 12.5. The lowest BCUT2D eigenvalue weighted by atomic mass is 9.87. The summed E-state index contributed by atoms with van der Waals surface area (Å²) in [5.41, 5.74) is 1.52. The maximum atomic E-state index is 12.4. The molecule has 3 rings (SSSR count). The highest BCUT2D eigenvalue weighted by atomic mass is 16.6. The first-order valence-electron chi connectivity index (χ1n) is 7.38. The molecule has 1 N–H and O–H groups in total. The van der Waals surface area contributed by atoms with Crippen molar-refractivity contribution in [3.05, 3.63) is 65.7 Å². The zero-order chi connectivity index (χ0) is 15.6. The summed E-state index contributed by atoms with van der Waals surface area (Å²) in [6.07, 6.45) is 0.108. The van der Waals surface area contributed by atoms with Gasteiger partial charge < -0.3 is 9.84 Å². The number of hydrogen-bond acceptors (Lipinski definition) is 3. The van der Waals surface area contributed by atoms with Crippen molar-refractivity contribution in [1.29, 1.82) is 0 Å². The average molecular weight is 297 g/mol. The van der Waals surface area contributed by atoms with E-state index in [0.717, 1.165) is 16.8 Å². The number of para-hydroxylation sites is 1. The van der Waals surface area contributed by atoms with Gasteiger partial charge in [-0.15, -0.1) is 0 Å². The molecular weight excluding hydrogens is 278 g/mol. The third-order valence-electron chi connectivity index (χ3n) is 4.02. The summed E-state index contributed by atoms with van der Waals surface area (Å²) in [7, 11) is 0. The van der Waals surface area contributed by atoms with Crippen LogP contribution in [0.1, 0.15) is 24.5 Å². The molecule has 1 amide bonds. The monoisotopic (exact) mass is 297 g/mol. The summed E-state index contributed by atoms with van der Waals surface area (Å²) in [4.78, 5) is 14.0. The van der Waals surface area contributed by atoms with Gasteiger partial charge in [0.15, 0.2) is 0 Å². The van der Waals surface area contributed by atoms with Crippen molar-refractivity contribution < 1.29 is 14.6 Å². The van der Waals surface area contributed by atoms with Gasteiger partial charge >= 0.3 is 6.09 Å². The van der Waals surface area contributed by atoms with Crippen molar-refractivity contribution in [2.24, 2.45) is 0 Å². The Morgan fingerprint density at radius 3 is 2.64 bits per heavy atom. The number of amides is 1. The van der Waals surface area contributed by atoms with E-state index in [1.807, 2.05) is 54.6 Å². The van der Waals surface area contributed by atoms with Crippen LogP contribution in [0.4, 0.5) is 10.5 Å². The van der Waals surface area contributed by atoms with E-state index < -0.39 is 5.60 Å². The minimum atomic E-state index is -0.910. The Labute approximate surface area is 130 Å². The Kier molecular flexibility index (Phi) is 3.86. The number of hydrogen-bond donors (Lipinski definition) is 1. The molecular formula is C18H19NO3. The van der Waals surface area contributed by atoms with E-state index in [9.17, 15) is 9.90 Å². The van der Waals surface area contributed by atoms with E-state index in [2.05, 4.69) is 0 Å². The molecule has 1 unspecified atom stereocenters. The van der Waals surface area contributed by atoms with Gasteiger partial charge in [0.2, 0.25) is 0 Å². The fourth-order valence-corrected chi connectivity index (χ4v) is 2.74. The van der Waals surface area contributed by atoms with Crippen LogP contribution in [-0.4, -0.2) is 17.7 Å². The van der Waals surface area contributed by atoms with Gasteiger partial charge in [-0.1, -0.05) is 48.5 Å². The van der Waals surface area contributed by atoms with Crippen LogP contribution in [0.2, 0.25) is 0 Å². The number of fused-ring (bicyclic) bond motifs is 1. The van der Waals surface area contributed by atoms with Gasteiger partial charge in [-0.3, -0.25) is 4.90 Å². The van der Waals surface area contributed by atoms with Crippen molar-refractivity contribution in [3.8, 4) is 0 Å². The van der Waals surface area contributed by atoms with Crippen molar-refractivity contribution in [1.82, 2.24) is 0 Å². The van der Waals surface area contributed by atoms with Gasteiger partial charge in [0.25, 0.3) is 0 Å². The quantitative estimate of drug-likeness (QED) is 0.923. The molecule has 2 aromatic rings. The summed E-state index contributed by atoms with van der Waals surface area (Å²) in [5.74, 6) is 0. The Hall–Kier alpha value is -2.33. The molecule has 0 saturated heterocycles. The zero-order valence-electron chi connectivity index (χ0n) is 12.5. The normalized spacial score (nSPS) is 20.4. The second-order valence-corrected chi connectivity index (χ2v) is 5.73. The molecule has 1 atom stereocenters. The smallest absolute Gasteiger partial charge is 0.414 e. The highest BCUT2D eigenvalue weighted by molar-refractivity contribution is 5.89. The van der Waals surface area contributed by atoms with Crippen molar-refractivity contribution in [3.63, 3.8) is 0 Å². The average Bonchev–Trinajstić information content (AvgIpc) is 2.54. The number of anilines is 1. The largest absolute Gasteiger partial charge is 0.444 e. The molecule has 114 valence electrons. The Balaban J connectivity index is 1.76. The molecule has 1 aliphatic heterocycles. The number of ether oxygens (including phenoxy) is 1. The van der Waals surface area contributed by atoms with Crippen LogP contribution >= 0.6 is 0 Å². The van der Waals surface area contributed by atoms with Crippen molar-refractivity contribution in [2.75, 3.05) is 11.4 Å². The maximum absolute atomic E-state index is 12.4. The third-order valence-corrected chi connectivity index (χ3v) is 4.02. The second kappa shape index (κ2) is 5.81. The lowest BCUT2D eigenvalue weighted by molar-refractivity contribution is 0.0448. The van der Waals surface area contributed by atoms with Gasteiger partial charge in [0.1, 0.15) is 6.61 Å². The lowest BCUT2D eigenvalue weighted by Gasteiger charge is -2.37. The Bertz CT molecular complexity index is 667. The molecule has 1 heterocycles. The molecule has 0 fully saturated rings. The minimum Gasteiger partial charge on any atom is -0.444 e. The first kappa shape index (κ1) is 14.6. The highest BCUT2D eigenvalue weighted by Gasteiger charge is 2.35. The van der Waals surface area contributed by atoms with Crippen LogP contribution < -0.4 is 4.90 Å². The minimum absolute atomic E-state index is 0.245. The second-order valence-electron chi connectivity index (χ2n) is 5.73. The number of carbonyl (C=O) groups excluding carboxylic acids is 1. The Morgan fingerprint density at radius 1 is 1.18 bits per heavy atom. The van der Waals surface area contributed by atoms with Gasteiger partial charge in [0.05, 0.1) is 11.3 Å². The number of rotatable bonds is 2. The van der Waals surface area contributed by atoms with Crippen LogP contribution in [0.5, 0.6) is 0 Å². The van der Waals surface area contributed by atoms with E-state index in [-0.39, 0.29) is 12.7 Å². The standard InChI is InChI=1S/C18H19NO3/c1-18(21)11-12-19(16-10-6-5-9-15(16)18)17(20)22-13-14-7-3-2-4-8-14/h2-10,21H,11-13H2,1H3. The van der Waals surface area contributed by atoms with Crippen LogP contribution in [-0.2, 0) is 16.9 Å². The summed E-state index contributed by atoms with van der Waals surface area (Å²) < 4.78 is 5.40. The fourth-order valence-electron chi connectivity index (χ4n) is 2.74. The molecule has 0 aromatic heterocycles. The van der Waals surface area contributed by atoms with Crippen LogP contribution in [0, 0.1) is 0 Å². The lowest BCUT2D eigenvalue weighted by Crippen LogP contribution is -2.42. The molecule has 4 heteroatoms. The predicted octanol–water partition coefficient (Wildman–Crippen LogP) is 3.44. The summed E-state index contributed by atoms with van der Waals surface area (Å²) in [5, 5.41) is 10.5. The first-order chi connectivity index (χ1) is 10.6. The molecule has 22 heavy (non-hydrogen) atoms. The Morgan fingerprint density at radius 2 is 1.86 bits per heavy atom. The molecule has 1 aliphatic rings. The molecule has 0 saturated carbocycles. The molecule has 0 radical (unpaired) electrons. The number of benzene rings is 2. The summed E-state index contributed by atoms with van der Waals surface area (Å²) >= 11 is 0. The number of nitrogens with zero attached hydrogens (tertiary/aromatic N) is 1. The van der Waals surface area contributed by atoms with Crippen molar-refractivity contribution in [2.45, 2.75) is 25.6 Å². The van der Waals surface area contributed by atoms with Gasteiger partial charge in [-0.05, 0) is 25.0 Å². The van der Waals surface area contributed by atoms with Crippen LogP contribution in [0.25, 0.3) is 0 Å². The number of aliphatic hydroxyl groups is 1. The summed E-state index contributed by atoms with van der Waals surface area (Å²) in [6.45, 7) is 2.46. The van der Waals surface area contributed by atoms with Crippen LogP contribution in [0.15, 0.2) is 54.6 Å². The first-order valence-corrected chi connectivity index (χ1v) is 7.38. The molecule has 4 nitrogen and oxygen atoms in total. The van der Waals surface area contributed by atoms with Gasteiger partial charge in [-0.2, -0.15) is 0 Å². The maximum Gasteiger partial charge on any atom is 0.414 e. The highest BCUT2D eigenvalue weighted by Crippen LogP contribution is 2.38. The van der Waals surface area contributed by atoms with E-state index in [1.165, 1.54) is 0 Å². The van der Waals surface area contributed by atoms with Crippen LogP contribution in [0.3, 0.4) is 0 Å².